The fraction of sp³-hybridized carbons (Fsp3) is 0.200. The lowest BCUT2D eigenvalue weighted by atomic mass is 10.1. The quantitative estimate of drug-likeness (QED) is 0.923. The van der Waals surface area contributed by atoms with Gasteiger partial charge in [0.05, 0.1) is 11.3 Å². The van der Waals surface area contributed by atoms with Gasteiger partial charge in [0.2, 0.25) is 0 Å². The number of hydrazone groups is 1. The van der Waals surface area contributed by atoms with Gasteiger partial charge in [0.1, 0.15) is 0 Å². The number of nitrogens with zero attached hydrogens (tertiary/aromatic N) is 3. The van der Waals surface area contributed by atoms with Gasteiger partial charge in [-0.05, 0) is 24.3 Å². The van der Waals surface area contributed by atoms with E-state index < -0.39 is 24.2 Å². The predicted octanol–water partition coefficient (Wildman–Crippen LogP) is 2.56. The Morgan fingerprint density at radius 2 is 1.83 bits per heavy atom. The van der Waals surface area contributed by atoms with Crippen LogP contribution in [0.15, 0.2) is 53.9 Å². The van der Waals surface area contributed by atoms with Gasteiger partial charge in [-0.1, -0.05) is 12.1 Å². The zero-order valence-corrected chi connectivity index (χ0v) is 11.7. The fourth-order valence-electron chi connectivity index (χ4n) is 2.38. The summed E-state index contributed by atoms with van der Waals surface area (Å²) in [5, 5.41) is 13.4. The van der Waals surface area contributed by atoms with E-state index >= 15 is 0 Å². The number of aliphatic hydroxyl groups is 1. The molecule has 0 unspecified atom stereocenters. The Labute approximate surface area is 129 Å². The van der Waals surface area contributed by atoms with Crippen molar-refractivity contribution in [2.45, 2.75) is 18.3 Å². The van der Waals surface area contributed by atoms with E-state index in [1.807, 2.05) is 0 Å². The summed E-state index contributed by atoms with van der Waals surface area (Å²) in [7, 11) is 0. The highest BCUT2D eigenvalue weighted by Crippen LogP contribution is 2.39. The SMILES string of the molecule is O=C(c1ccccc1-n1cccc1)N1N=CC[C@@]1(O)C(F)(F)F. The second-order valence-corrected chi connectivity index (χ2v) is 5.04. The third-order valence-corrected chi connectivity index (χ3v) is 3.59. The average molecular weight is 323 g/mol. The van der Waals surface area contributed by atoms with Gasteiger partial charge in [-0.2, -0.15) is 23.3 Å². The molecule has 1 atom stereocenters. The number of carbonyl (C=O) groups excluding carboxylic acids is 1. The first-order valence-electron chi connectivity index (χ1n) is 6.73. The average Bonchev–Trinajstić information content (AvgIpc) is 3.16. The van der Waals surface area contributed by atoms with Gasteiger partial charge >= 0.3 is 6.18 Å². The number of hydrogen-bond acceptors (Lipinski definition) is 3. The second kappa shape index (κ2) is 5.24. The van der Waals surface area contributed by atoms with E-state index in [0.29, 0.717) is 5.69 Å². The first-order valence-corrected chi connectivity index (χ1v) is 6.73. The minimum Gasteiger partial charge on any atom is -0.362 e. The third kappa shape index (κ3) is 2.40. The van der Waals surface area contributed by atoms with Crippen molar-refractivity contribution in [1.82, 2.24) is 9.58 Å². The number of amides is 1. The monoisotopic (exact) mass is 323 g/mol. The van der Waals surface area contributed by atoms with Crippen LogP contribution < -0.4 is 0 Å². The second-order valence-electron chi connectivity index (χ2n) is 5.04. The van der Waals surface area contributed by atoms with Crippen molar-refractivity contribution >= 4 is 12.1 Å². The molecule has 0 aliphatic carbocycles. The maximum Gasteiger partial charge on any atom is 0.438 e. The molecule has 0 spiro atoms. The number of carbonyl (C=O) groups is 1. The minimum atomic E-state index is -5.01. The van der Waals surface area contributed by atoms with Crippen molar-refractivity contribution in [2.75, 3.05) is 0 Å². The van der Waals surface area contributed by atoms with Crippen LogP contribution in [-0.4, -0.2) is 38.7 Å². The van der Waals surface area contributed by atoms with E-state index in [1.54, 1.807) is 41.2 Å². The molecule has 1 aliphatic rings. The van der Waals surface area contributed by atoms with E-state index in [4.69, 9.17) is 0 Å². The Hall–Kier alpha value is -2.61. The number of rotatable bonds is 2. The number of halogens is 3. The van der Waals surface area contributed by atoms with Gasteiger partial charge in [0.25, 0.3) is 11.6 Å². The smallest absolute Gasteiger partial charge is 0.362 e. The molecule has 0 fully saturated rings. The van der Waals surface area contributed by atoms with E-state index in [9.17, 15) is 23.1 Å². The van der Waals surface area contributed by atoms with E-state index in [2.05, 4.69) is 5.10 Å². The van der Waals surface area contributed by atoms with Crippen LogP contribution >= 0.6 is 0 Å². The van der Waals surface area contributed by atoms with Crippen LogP contribution in [0.25, 0.3) is 5.69 Å². The lowest BCUT2D eigenvalue weighted by Crippen LogP contribution is -2.56. The summed E-state index contributed by atoms with van der Waals surface area (Å²) in [6.45, 7) is 0. The van der Waals surface area contributed by atoms with Crippen LogP contribution in [0, 0.1) is 0 Å². The van der Waals surface area contributed by atoms with Crippen LogP contribution in [0.2, 0.25) is 0 Å². The Morgan fingerprint density at radius 1 is 1.17 bits per heavy atom. The molecular weight excluding hydrogens is 311 g/mol. The Kier molecular flexibility index (Phi) is 3.48. The van der Waals surface area contributed by atoms with Crippen molar-refractivity contribution in [3.63, 3.8) is 0 Å². The Bertz CT molecular complexity index is 756. The molecule has 1 aromatic heterocycles. The fourth-order valence-corrected chi connectivity index (χ4v) is 2.38. The lowest BCUT2D eigenvalue weighted by molar-refractivity contribution is -0.297. The summed E-state index contributed by atoms with van der Waals surface area (Å²) in [6, 6.07) is 9.63. The highest BCUT2D eigenvalue weighted by atomic mass is 19.4. The molecule has 1 N–H and O–H groups in total. The molecule has 23 heavy (non-hydrogen) atoms. The van der Waals surface area contributed by atoms with E-state index in [-0.39, 0.29) is 10.6 Å². The summed E-state index contributed by atoms with van der Waals surface area (Å²) in [4.78, 5) is 12.6. The molecular formula is C15H12F3N3O2. The third-order valence-electron chi connectivity index (χ3n) is 3.59. The summed E-state index contributed by atoms with van der Waals surface area (Å²) >= 11 is 0. The lowest BCUT2D eigenvalue weighted by Gasteiger charge is -2.32. The van der Waals surface area contributed by atoms with Gasteiger partial charge in [-0.25, -0.2) is 0 Å². The maximum atomic E-state index is 13.1. The molecule has 0 bridgehead atoms. The number of alkyl halides is 3. The number of benzene rings is 1. The van der Waals surface area contributed by atoms with E-state index in [1.165, 1.54) is 12.1 Å². The minimum absolute atomic E-state index is 0.00502. The standard InChI is InChI=1S/C15H12F3N3O2/c16-15(17,18)14(23)7-8-19-21(14)13(22)11-5-1-2-6-12(11)20-9-3-4-10-20/h1-6,8-10,23H,7H2/t14-/m1/s1. The van der Waals surface area contributed by atoms with Gasteiger partial charge in [-0.15, -0.1) is 0 Å². The van der Waals surface area contributed by atoms with Crippen molar-refractivity contribution in [2.24, 2.45) is 5.10 Å². The van der Waals surface area contributed by atoms with Crippen LogP contribution in [0.3, 0.4) is 0 Å². The van der Waals surface area contributed by atoms with Gasteiger partial charge in [0.15, 0.2) is 0 Å². The summed E-state index contributed by atoms with van der Waals surface area (Å²) < 4.78 is 40.9. The molecule has 1 aliphatic heterocycles. The maximum absolute atomic E-state index is 13.1. The molecule has 1 aromatic carbocycles. The zero-order valence-electron chi connectivity index (χ0n) is 11.7. The molecule has 2 aromatic rings. The van der Waals surface area contributed by atoms with Crippen molar-refractivity contribution in [3.05, 3.63) is 54.4 Å². The molecule has 3 rings (SSSR count). The van der Waals surface area contributed by atoms with Gasteiger partial charge < -0.3 is 9.67 Å². The van der Waals surface area contributed by atoms with Gasteiger partial charge in [-0.3, -0.25) is 4.79 Å². The topological polar surface area (TPSA) is 57.8 Å². The largest absolute Gasteiger partial charge is 0.438 e. The number of aromatic nitrogens is 1. The molecule has 2 heterocycles. The van der Waals surface area contributed by atoms with Crippen LogP contribution in [0.4, 0.5) is 13.2 Å². The zero-order chi connectivity index (χ0) is 16.7. The number of para-hydroxylation sites is 1. The van der Waals surface area contributed by atoms with Crippen molar-refractivity contribution in [3.8, 4) is 5.69 Å². The summed E-state index contributed by atoms with van der Waals surface area (Å²) in [5.74, 6) is -1.03. The Balaban J connectivity index is 2.04. The molecule has 1 amide bonds. The van der Waals surface area contributed by atoms with Gasteiger partial charge in [0, 0.05) is 25.0 Å². The molecule has 8 heteroatoms. The molecule has 120 valence electrons. The summed E-state index contributed by atoms with van der Waals surface area (Å²) in [6.07, 6.45) is -1.61. The predicted molar refractivity (Wildman–Crippen MR) is 76.1 cm³/mol. The summed E-state index contributed by atoms with van der Waals surface area (Å²) in [5.41, 5.74) is -2.92. The van der Waals surface area contributed by atoms with Crippen molar-refractivity contribution < 1.29 is 23.1 Å². The first-order chi connectivity index (χ1) is 10.8. The highest BCUT2D eigenvalue weighted by Gasteiger charge is 2.61. The van der Waals surface area contributed by atoms with Crippen LogP contribution in [-0.2, 0) is 0 Å². The highest BCUT2D eigenvalue weighted by molar-refractivity contribution is 5.99. The van der Waals surface area contributed by atoms with Crippen LogP contribution in [0.1, 0.15) is 16.8 Å². The van der Waals surface area contributed by atoms with Crippen molar-refractivity contribution in [1.29, 1.82) is 0 Å². The van der Waals surface area contributed by atoms with E-state index in [0.717, 1.165) is 6.21 Å². The molecule has 0 radical (unpaired) electrons. The number of hydrogen-bond donors (Lipinski definition) is 1. The normalized spacial score (nSPS) is 21.0. The first kappa shape index (κ1) is 15.3. The molecule has 0 saturated carbocycles. The van der Waals surface area contributed by atoms with Crippen LogP contribution in [0.5, 0.6) is 0 Å². The molecule has 0 saturated heterocycles. The Morgan fingerprint density at radius 3 is 2.48 bits per heavy atom. The molecule has 5 nitrogen and oxygen atoms in total.